The molecule has 0 saturated carbocycles. The number of allylic oxidation sites excluding steroid dienone is 1. The highest BCUT2D eigenvalue weighted by Gasteiger charge is 2.20. The first-order valence-electron chi connectivity index (χ1n) is 19.7. The van der Waals surface area contributed by atoms with Gasteiger partial charge < -0.3 is 13.9 Å². The number of benzene rings is 8. The van der Waals surface area contributed by atoms with Gasteiger partial charge in [-0.05, 0) is 107 Å². The molecule has 0 spiro atoms. The van der Waals surface area contributed by atoms with E-state index in [1.54, 1.807) is 0 Å². The van der Waals surface area contributed by atoms with Crippen molar-refractivity contribution in [2.45, 2.75) is 12.8 Å². The van der Waals surface area contributed by atoms with Crippen molar-refractivity contribution in [3.63, 3.8) is 0 Å². The van der Waals surface area contributed by atoms with Gasteiger partial charge in [-0.2, -0.15) is 0 Å². The summed E-state index contributed by atoms with van der Waals surface area (Å²) in [6.45, 7) is 0. The van der Waals surface area contributed by atoms with Crippen molar-refractivity contribution in [1.29, 1.82) is 0 Å². The second-order valence-electron chi connectivity index (χ2n) is 14.8. The van der Waals surface area contributed by atoms with E-state index in [1.807, 2.05) is 12.1 Å². The average Bonchev–Trinajstić information content (AvgIpc) is 3.84. The fourth-order valence-electron chi connectivity index (χ4n) is 8.74. The van der Waals surface area contributed by atoms with Crippen LogP contribution in [0.1, 0.15) is 17.7 Å². The largest absolute Gasteiger partial charge is 0.455 e. The normalized spacial score (nSPS) is 12.4. The van der Waals surface area contributed by atoms with E-state index in [9.17, 15) is 0 Å². The van der Waals surface area contributed by atoms with Crippen LogP contribution in [0.15, 0.2) is 205 Å². The molecule has 0 saturated heterocycles. The molecule has 3 nitrogen and oxygen atoms in total. The molecule has 10 aromatic rings. The first-order chi connectivity index (χ1) is 28.3. The molecule has 0 aliphatic heterocycles. The third-order valence-corrected chi connectivity index (χ3v) is 11.5. The summed E-state index contributed by atoms with van der Waals surface area (Å²) in [7, 11) is 0. The standard InChI is InChI=1S/C54H38N2O/c1-2-12-37(13-3-1)40-14-10-15-41(36-40)38-24-28-42(29-25-38)55(43-30-26-39(27-31-43)46-19-11-20-50-49-18-6-9-23-53(49)57-54(46)50)44-32-34-45(35-33-44)56-51-21-7-4-16-47(51)48-17-5-8-22-52(48)56/h1-7,9-21,23-36H,8,22H2. The zero-order valence-electron chi connectivity index (χ0n) is 31.3. The molecule has 0 amide bonds. The maximum atomic E-state index is 6.42. The van der Waals surface area contributed by atoms with Gasteiger partial charge in [0.1, 0.15) is 11.2 Å². The fraction of sp³-hybridized carbons (Fsp3) is 0.0370. The minimum Gasteiger partial charge on any atom is -0.455 e. The molecule has 0 unspecified atom stereocenters. The van der Waals surface area contributed by atoms with Crippen LogP contribution in [0.3, 0.4) is 0 Å². The Hall–Kier alpha value is -7.36. The number of hydrogen-bond donors (Lipinski definition) is 0. The van der Waals surface area contributed by atoms with Gasteiger partial charge >= 0.3 is 0 Å². The van der Waals surface area contributed by atoms with Crippen molar-refractivity contribution >= 4 is 56.0 Å². The first kappa shape index (κ1) is 33.0. The van der Waals surface area contributed by atoms with Crippen molar-refractivity contribution in [2.75, 3.05) is 4.90 Å². The summed E-state index contributed by atoms with van der Waals surface area (Å²) in [5.74, 6) is 0. The summed E-state index contributed by atoms with van der Waals surface area (Å²) >= 11 is 0. The van der Waals surface area contributed by atoms with Crippen LogP contribution in [0, 0.1) is 0 Å². The second-order valence-corrected chi connectivity index (χ2v) is 14.8. The summed E-state index contributed by atoms with van der Waals surface area (Å²) < 4.78 is 8.87. The molecule has 3 heteroatoms. The molecular weight excluding hydrogens is 693 g/mol. The van der Waals surface area contributed by atoms with Gasteiger partial charge in [0.25, 0.3) is 0 Å². The average molecular weight is 731 g/mol. The highest BCUT2D eigenvalue weighted by molar-refractivity contribution is 6.09. The van der Waals surface area contributed by atoms with Gasteiger partial charge in [-0.15, -0.1) is 0 Å². The quantitative estimate of drug-likeness (QED) is 0.163. The van der Waals surface area contributed by atoms with Gasteiger partial charge in [-0.25, -0.2) is 0 Å². The van der Waals surface area contributed by atoms with Crippen LogP contribution < -0.4 is 4.90 Å². The molecule has 1 aliphatic rings. The zero-order chi connectivity index (χ0) is 37.7. The van der Waals surface area contributed by atoms with Gasteiger partial charge in [0.15, 0.2) is 0 Å². The van der Waals surface area contributed by atoms with Gasteiger partial charge in [0.05, 0.1) is 5.52 Å². The summed E-state index contributed by atoms with van der Waals surface area (Å²) in [6, 6.07) is 69.8. The number of nitrogens with zero attached hydrogens (tertiary/aromatic N) is 2. The molecule has 0 N–H and O–H groups in total. The van der Waals surface area contributed by atoms with E-state index >= 15 is 0 Å². The highest BCUT2D eigenvalue weighted by Crippen LogP contribution is 2.41. The lowest BCUT2D eigenvalue weighted by atomic mass is 9.99. The second kappa shape index (κ2) is 13.7. The molecule has 2 heterocycles. The Morgan fingerprint density at radius 3 is 1.79 bits per heavy atom. The van der Waals surface area contributed by atoms with Crippen molar-refractivity contribution < 1.29 is 4.42 Å². The van der Waals surface area contributed by atoms with E-state index in [-0.39, 0.29) is 0 Å². The van der Waals surface area contributed by atoms with Crippen LogP contribution in [-0.2, 0) is 6.42 Å². The Labute approximate surface area is 332 Å². The monoisotopic (exact) mass is 730 g/mol. The Balaban J connectivity index is 0.993. The minimum absolute atomic E-state index is 0.909. The van der Waals surface area contributed by atoms with Gasteiger partial charge in [-0.1, -0.05) is 140 Å². The molecule has 11 rings (SSSR count). The summed E-state index contributed by atoms with van der Waals surface area (Å²) in [4.78, 5) is 2.35. The molecule has 57 heavy (non-hydrogen) atoms. The van der Waals surface area contributed by atoms with Gasteiger partial charge in [0, 0.05) is 55.7 Å². The lowest BCUT2D eigenvalue weighted by molar-refractivity contribution is 0.670. The van der Waals surface area contributed by atoms with Crippen molar-refractivity contribution in [1.82, 2.24) is 4.57 Å². The maximum Gasteiger partial charge on any atom is 0.143 e. The third kappa shape index (κ3) is 5.75. The predicted octanol–water partition coefficient (Wildman–Crippen LogP) is 15.0. The molecule has 0 bridgehead atoms. The molecule has 0 fully saturated rings. The number of fused-ring (bicyclic) bond motifs is 6. The van der Waals surface area contributed by atoms with Crippen molar-refractivity contribution in [3.8, 4) is 39.1 Å². The van der Waals surface area contributed by atoms with Crippen LogP contribution in [0.25, 0.3) is 78.0 Å². The Kier molecular flexibility index (Phi) is 7.96. The summed E-state index contributed by atoms with van der Waals surface area (Å²) in [5.41, 5.74) is 17.2. The Bertz CT molecular complexity index is 3090. The SMILES string of the molecule is C1=Cc2c(n(-c3ccc(N(c4ccc(-c5cccc(-c6ccccc6)c5)cc4)c4ccc(-c5cccc6c5oc5ccccc56)cc4)cc3)c3ccccc23)CC1. The number of furan rings is 1. The molecule has 1 aliphatic carbocycles. The van der Waals surface area contributed by atoms with Gasteiger partial charge in [0.2, 0.25) is 0 Å². The van der Waals surface area contributed by atoms with E-state index in [0.717, 1.165) is 63.0 Å². The number of aromatic nitrogens is 1. The maximum absolute atomic E-state index is 6.42. The highest BCUT2D eigenvalue weighted by atomic mass is 16.3. The lowest BCUT2D eigenvalue weighted by Crippen LogP contribution is -2.10. The Morgan fingerprint density at radius 1 is 0.456 bits per heavy atom. The van der Waals surface area contributed by atoms with Crippen LogP contribution in [0.2, 0.25) is 0 Å². The number of para-hydroxylation sites is 3. The van der Waals surface area contributed by atoms with Crippen LogP contribution in [0.4, 0.5) is 17.1 Å². The van der Waals surface area contributed by atoms with E-state index in [1.165, 1.54) is 50.1 Å². The topological polar surface area (TPSA) is 21.3 Å². The molecule has 2 aromatic heterocycles. The van der Waals surface area contributed by atoms with Crippen LogP contribution in [0.5, 0.6) is 0 Å². The van der Waals surface area contributed by atoms with E-state index < -0.39 is 0 Å². The molecule has 270 valence electrons. The van der Waals surface area contributed by atoms with E-state index in [0.29, 0.717) is 0 Å². The molecule has 8 aromatic carbocycles. The van der Waals surface area contributed by atoms with Crippen molar-refractivity contribution in [2.24, 2.45) is 0 Å². The molecular formula is C54H38N2O. The lowest BCUT2D eigenvalue weighted by Gasteiger charge is -2.26. The zero-order valence-corrected chi connectivity index (χ0v) is 31.3. The summed E-state index contributed by atoms with van der Waals surface area (Å²) in [6.07, 6.45) is 6.69. The number of anilines is 3. The van der Waals surface area contributed by atoms with Crippen LogP contribution in [-0.4, -0.2) is 4.57 Å². The molecule has 0 radical (unpaired) electrons. The van der Waals surface area contributed by atoms with E-state index in [4.69, 9.17) is 4.42 Å². The van der Waals surface area contributed by atoms with Crippen LogP contribution >= 0.6 is 0 Å². The Morgan fingerprint density at radius 2 is 1.04 bits per heavy atom. The molecule has 0 atom stereocenters. The first-order valence-corrected chi connectivity index (χ1v) is 19.7. The third-order valence-electron chi connectivity index (χ3n) is 11.5. The smallest absolute Gasteiger partial charge is 0.143 e. The minimum atomic E-state index is 0.909. The number of rotatable bonds is 7. The number of hydrogen-bond acceptors (Lipinski definition) is 2. The van der Waals surface area contributed by atoms with E-state index in [2.05, 4.69) is 204 Å². The summed E-state index contributed by atoms with van der Waals surface area (Å²) in [5, 5.41) is 3.58. The predicted molar refractivity (Wildman–Crippen MR) is 239 cm³/mol. The fourth-order valence-corrected chi connectivity index (χ4v) is 8.74. The van der Waals surface area contributed by atoms with Crippen molar-refractivity contribution in [3.05, 3.63) is 211 Å². The van der Waals surface area contributed by atoms with Gasteiger partial charge in [-0.3, -0.25) is 0 Å².